The summed E-state index contributed by atoms with van der Waals surface area (Å²) in [4.78, 5) is 61.9. The van der Waals surface area contributed by atoms with Gasteiger partial charge >= 0.3 is 33.3 Å². The van der Waals surface area contributed by atoms with Crippen molar-refractivity contribution in [3.63, 3.8) is 0 Å². The number of ether oxygens (including phenoxy) is 3. The molecule has 2 unspecified atom stereocenters. The topological polar surface area (TPSA) is 306 Å². The quantitative estimate of drug-likeness (QED) is 0.0106. The Kier molecular flexibility index (Phi) is 35.0. The summed E-state index contributed by atoms with van der Waals surface area (Å²) in [6.07, 6.45) is 34.3. The Bertz CT molecular complexity index is 2110. The molecule has 9 atom stereocenters. The molecule has 0 radical (unpaired) electrons. The average molecular weight is 1080 g/mol. The molecule has 1 aromatic heterocycles. The molecule has 1 aliphatic heterocycles. The number of nitrogen functional groups attached to an aromatic ring is 1. The highest BCUT2D eigenvalue weighted by atomic mass is 31.3. The maximum atomic E-state index is 12.9. The van der Waals surface area contributed by atoms with E-state index >= 15 is 0 Å². The van der Waals surface area contributed by atoms with Gasteiger partial charge in [-0.25, -0.2) is 13.9 Å². The zero-order chi connectivity index (χ0) is 54.5. The van der Waals surface area contributed by atoms with E-state index in [1.54, 1.807) is 24.3 Å². The number of rotatable bonds is 41. The molecule has 418 valence electrons. The molecule has 2 rings (SSSR count). The van der Waals surface area contributed by atoms with Crippen LogP contribution in [-0.4, -0.2) is 108 Å². The highest BCUT2D eigenvalue weighted by Crippen LogP contribution is 2.60. The Labute approximate surface area is 436 Å². The van der Waals surface area contributed by atoms with Gasteiger partial charge in [0.1, 0.15) is 30.7 Å². The summed E-state index contributed by atoms with van der Waals surface area (Å²) in [6.45, 7) is 1.77. The molecule has 8 N–H and O–H groups in total. The van der Waals surface area contributed by atoms with Crippen molar-refractivity contribution in [3.05, 3.63) is 108 Å². The van der Waals surface area contributed by atoms with E-state index < -0.39 is 95.9 Å². The number of unbranched alkanes of at least 4 members (excludes halogenated alkanes) is 9. The van der Waals surface area contributed by atoms with Gasteiger partial charge in [-0.15, -0.1) is 0 Å². The van der Waals surface area contributed by atoms with E-state index in [-0.39, 0.29) is 31.5 Å². The first kappa shape index (κ1) is 66.0. The van der Waals surface area contributed by atoms with Crippen LogP contribution in [0.2, 0.25) is 0 Å². The van der Waals surface area contributed by atoms with Gasteiger partial charge in [0.15, 0.2) is 12.3 Å². The van der Waals surface area contributed by atoms with Crippen LogP contribution in [0.5, 0.6) is 0 Å². The van der Waals surface area contributed by atoms with Crippen molar-refractivity contribution in [3.8, 4) is 0 Å². The molecule has 22 heteroatoms. The highest BCUT2D eigenvalue weighted by Gasteiger charge is 2.46. The number of allylic oxidation sites excluding steroid dienone is 12. The number of aromatic nitrogens is 2. The zero-order valence-electron chi connectivity index (χ0n) is 43.1. The van der Waals surface area contributed by atoms with Crippen molar-refractivity contribution in [1.29, 1.82) is 0 Å². The molecule has 1 aliphatic rings. The van der Waals surface area contributed by atoms with Crippen molar-refractivity contribution >= 4 is 33.4 Å². The fourth-order valence-electron chi connectivity index (χ4n) is 7.06. The van der Waals surface area contributed by atoms with Crippen molar-refractivity contribution in [1.82, 2.24) is 9.55 Å². The largest absolute Gasteiger partial charge is 0.481 e. The van der Waals surface area contributed by atoms with E-state index in [0.29, 0.717) is 12.8 Å². The zero-order valence-corrected chi connectivity index (χ0v) is 44.9. The Morgan fingerprint density at radius 3 is 1.91 bits per heavy atom. The van der Waals surface area contributed by atoms with Crippen LogP contribution in [0.15, 0.2) is 102 Å². The molecular formula is C52H83N3O17P2. The van der Waals surface area contributed by atoms with Crippen molar-refractivity contribution < 1.29 is 76.5 Å². The van der Waals surface area contributed by atoms with Gasteiger partial charge < -0.3 is 50.2 Å². The summed E-state index contributed by atoms with van der Waals surface area (Å²) in [5.74, 6) is -1.57. The number of aliphatic hydroxyl groups is 4. The molecule has 74 heavy (non-hydrogen) atoms. The first-order chi connectivity index (χ1) is 35.5. The molecule has 0 saturated carbocycles. The number of hydrogen-bond acceptors (Lipinski definition) is 17. The van der Waals surface area contributed by atoms with Crippen LogP contribution in [0.1, 0.15) is 148 Å². The normalized spacial score (nSPS) is 20.4. The van der Waals surface area contributed by atoms with Gasteiger partial charge in [-0.05, 0) is 76.7 Å². The van der Waals surface area contributed by atoms with Crippen LogP contribution in [-0.2, 0) is 46.3 Å². The Hall–Kier alpha value is -4.14. The summed E-state index contributed by atoms with van der Waals surface area (Å²) in [6, 6.07) is 1.23. The third kappa shape index (κ3) is 31.7. The lowest BCUT2D eigenvalue weighted by Crippen LogP contribution is -2.36. The number of phosphoric ester groups is 2. The summed E-state index contributed by atoms with van der Waals surface area (Å²) < 4.78 is 56.6. The number of carbonyl (C=O) groups excluding carboxylic acids is 2. The van der Waals surface area contributed by atoms with E-state index in [9.17, 15) is 53.7 Å². The van der Waals surface area contributed by atoms with E-state index in [1.807, 2.05) is 24.3 Å². The molecule has 2 heterocycles. The van der Waals surface area contributed by atoms with Crippen LogP contribution < -0.4 is 11.4 Å². The second kappa shape index (κ2) is 39.3. The van der Waals surface area contributed by atoms with E-state index in [4.69, 9.17) is 29.0 Å². The third-order valence-electron chi connectivity index (χ3n) is 11.2. The van der Waals surface area contributed by atoms with Gasteiger partial charge in [-0.2, -0.15) is 9.29 Å². The lowest BCUT2D eigenvalue weighted by Gasteiger charge is -2.21. The number of hydrogen-bond donors (Lipinski definition) is 7. The minimum atomic E-state index is -5.49. The second-order valence-corrected chi connectivity index (χ2v) is 20.8. The molecule has 0 amide bonds. The predicted octanol–water partition coefficient (Wildman–Crippen LogP) is 8.61. The molecule has 0 aliphatic carbocycles. The predicted molar refractivity (Wildman–Crippen MR) is 282 cm³/mol. The van der Waals surface area contributed by atoms with Crippen LogP contribution in [0.3, 0.4) is 0 Å². The first-order valence-electron chi connectivity index (χ1n) is 25.8. The first-order valence-corrected chi connectivity index (χ1v) is 28.8. The highest BCUT2D eigenvalue weighted by molar-refractivity contribution is 7.61. The minimum absolute atomic E-state index is 0.0472. The molecule has 1 saturated heterocycles. The van der Waals surface area contributed by atoms with Crippen molar-refractivity contribution in [2.24, 2.45) is 0 Å². The average Bonchev–Trinajstić information content (AvgIpc) is 3.63. The van der Waals surface area contributed by atoms with Gasteiger partial charge in [0.25, 0.3) is 0 Å². The molecule has 0 aromatic carbocycles. The number of anilines is 1. The molecule has 0 spiro atoms. The number of aliphatic hydroxyl groups excluding tert-OH is 4. The van der Waals surface area contributed by atoms with E-state index in [0.717, 1.165) is 81.4 Å². The summed E-state index contributed by atoms with van der Waals surface area (Å²) >= 11 is 0. The minimum Gasteiger partial charge on any atom is -0.462 e. The Morgan fingerprint density at radius 1 is 0.716 bits per heavy atom. The number of nitrogens with two attached hydrogens (primary N) is 1. The molecular weight excluding hydrogens is 1000 g/mol. The standard InChI is InChI=1S/C52H83N3O17P2/c1-3-5-7-8-9-10-11-12-13-14-15-16-17-18-22-25-29-35-47(58)67-39-44(70-48(59)36-30-34-43(57)33-28-24-21-19-20-23-27-32-42(56)31-26-6-4-2)40-68-73(63,64)72-74(65,66)69-41-45-49(60)50(61)51(71-45)55-38-37-46(53)54-52(55)62/h9-10,12-13,15-16,20-21,23-24,27-28,32-33,37-38,42-45,49-51,56-57,60-61H,3-8,11,14,17-19,22,25-26,29-31,34-36,39-41H2,1-2H3,(H,63,64)(H,65,66)(H2,53,54,62)/b10-9-,13-12-,16-15-,23-20-,24-21-,32-27+,33-28+/t42-,43-,44-,45-,49-,50-,51-/m1/s1. The summed E-state index contributed by atoms with van der Waals surface area (Å²) in [5.41, 5.74) is 4.56. The van der Waals surface area contributed by atoms with Crippen LogP contribution in [0.4, 0.5) is 5.82 Å². The summed E-state index contributed by atoms with van der Waals surface area (Å²) in [5, 5.41) is 41.3. The van der Waals surface area contributed by atoms with Crippen LogP contribution in [0.25, 0.3) is 0 Å². The van der Waals surface area contributed by atoms with E-state index in [1.165, 1.54) is 25.3 Å². The maximum Gasteiger partial charge on any atom is 0.481 e. The lowest BCUT2D eigenvalue weighted by molar-refractivity contribution is -0.161. The molecule has 0 bridgehead atoms. The van der Waals surface area contributed by atoms with Crippen molar-refractivity contribution in [2.45, 2.75) is 185 Å². The number of esters is 2. The lowest BCUT2D eigenvalue weighted by atomic mass is 10.1. The molecule has 20 nitrogen and oxygen atoms in total. The van der Waals surface area contributed by atoms with E-state index in [2.05, 4.69) is 59.6 Å². The maximum absolute atomic E-state index is 12.9. The number of carbonyl (C=O) groups is 2. The number of phosphoric acid groups is 2. The number of nitrogens with zero attached hydrogens (tertiary/aromatic N) is 2. The van der Waals surface area contributed by atoms with Gasteiger partial charge in [-0.1, -0.05) is 144 Å². The van der Waals surface area contributed by atoms with Crippen molar-refractivity contribution in [2.75, 3.05) is 25.6 Å². The van der Waals surface area contributed by atoms with Gasteiger partial charge in [-0.3, -0.25) is 23.2 Å². The third-order valence-corrected chi connectivity index (χ3v) is 13.8. The van der Waals surface area contributed by atoms with Gasteiger partial charge in [0.05, 0.1) is 25.4 Å². The van der Waals surface area contributed by atoms with Gasteiger partial charge in [0.2, 0.25) is 0 Å². The van der Waals surface area contributed by atoms with Crippen LogP contribution in [0, 0.1) is 0 Å². The summed E-state index contributed by atoms with van der Waals surface area (Å²) in [7, 11) is -11.0. The fourth-order valence-corrected chi connectivity index (χ4v) is 9.17. The smallest absolute Gasteiger partial charge is 0.462 e. The Morgan fingerprint density at radius 2 is 1.27 bits per heavy atom. The second-order valence-electron chi connectivity index (χ2n) is 17.7. The Balaban J connectivity index is 1.88. The van der Waals surface area contributed by atoms with Crippen LogP contribution >= 0.6 is 15.6 Å². The van der Waals surface area contributed by atoms with Gasteiger partial charge in [0, 0.05) is 19.0 Å². The molecule has 1 fully saturated rings. The SMILES string of the molecule is CCCCC/C=C\C/C=C\C/C=C\CCCCCCC(=O)OC[C@H](COP(=O)(O)OP(=O)(O)OC[C@H]1O[C@@H](n2ccc(N)nc2=O)[C@H](O)[C@@H]1O)OC(=O)CCC[C@H](O)/C=C/C=C\C/C=C\C=C\[C@H](O)CCCCC. The fraction of sp³-hybridized carbons (Fsp3) is 0.615. The monoisotopic (exact) mass is 1080 g/mol. The molecule has 1 aromatic rings.